The Bertz CT molecular complexity index is 440. The van der Waals surface area contributed by atoms with E-state index in [0.717, 1.165) is 24.6 Å². The predicted octanol–water partition coefficient (Wildman–Crippen LogP) is 2.48. The molecule has 5 nitrogen and oxygen atoms in total. The van der Waals surface area contributed by atoms with Gasteiger partial charge in [0.15, 0.2) is 0 Å². The third kappa shape index (κ3) is 3.33. The number of H-pyrrole nitrogens is 1. The van der Waals surface area contributed by atoms with Crippen LogP contribution in [0.1, 0.15) is 69.3 Å². The molecule has 1 aromatic rings. The Labute approximate surface area is 114 Å². The van der Waals surface area contributed by atoms with E-state index in [1.165, 1.54) is 6.42 Å². The Hall–Kier alpha value is -1.39. The highest BCUT2D eigenvalue weighted by Gasteiger charge is 2.26. The lowest BCUT2D eigenvalue weighted by Crippen LogP contribution is -2.40. The fourth-order valence-corrected chi connectivity index (χ4v) is 2.56. The molecule has 0 radical (unpaired) electrons. The van der Waals surface area contributed by atoms with Gasteiger partial charge in [-0.05, 0) is 31.1 Å². The first kappa shape index (κ1) is 14.0. The summed E-state index contributed by atoms with van der Waals surface area (Å²) in [5.41, 5.74) is 0. The maximum Gasteiger partial charge on any atom is 0.291 e. The molecule has 1 saturated carbocycles. The molecule has 1 heterocycles. The van der Waals surface area contributed by atoms with Crippen LogP contribution in [0.3, 0.4) is 0 Å². The Morgan fingerprint density at radius 1 is 1.32 bits per heavy atom. The third-order valence-corrected chi connectivity index (χ3v) is 4.19. The zero-order valence-corrected chi connectivity index (χ0v) is 12.2. The highest BCUT2D eigenvalue weighted by Crippen LogP contribution is 2.29. The molecule has 1 amide bonds. The van der Waals surface area contributed by atoms with E-state index in [1.54, 1.807) is 0 Å². The van der Waals surface area contributed by atoms with Crippen LogP contribution in [0.2, 0.25) is 0 Å². The molecule has 3 unspecified atom stereocenters. The van der Waals surface area contributed by atoms with E-state index in [1.807, 2.05) is 13.8 Å². The fraction of sp³-hybridized carbons (Fsp3) is 0.786. The van der Waals surface area contributed by atoms with Gasteiger partial charge in [-0.25, -0.2) is 4.98 Å². The van der Waals surface area contributed by atoms with E-state index < -0.39 is 0 Å². The van der Waals surface area contributed by atoms with E-state index in [-0.39, 0.29) is 23.7 Å². The van der Waals surface area contributed by atoms with Gasteiger partial charge in [0.1, 0.15) is 5.82 Å². The minimum atomic E-state index is -0.157. The average molecular weight is 264 g/mol. The Morgan fingerprint density at radius 3 is 2.63 bits per heavy atom. The van der Waals surface area contributed by atoms with Crippen LogP contribution in [0.25, 0.3) is 0 Å². The summed E-state index contributed by atoms with van der Waals surface area (Å²) in [7, 11) is 0. The number of aromatic amines is 1. The molecule has 5 heteroatoms. The van der Waals surface area contributed by atoms with Crippen LogP contribution in [-0.4, -0.2) is 27.1 Å². The summed E-state index contributed by atoms with van der Waals surface area (Å²) in [6.45, 7) is 8.58. The molecule has 19 heavy (non-hydrogen) atoms. The second-order valence-electron chi connectivity index (χ2n) is 6.14. The summed E-state index contributed by atoms with van der Waals surface area (Å²) in [6, 6.07) is 0.264. The van der Waals surface area contributed by atoms with Gasteiger partial charge in [-0.15, -0.1) is 5.10 Å². The summed E-state index contributed by atoms with van der Waals surface area (Å²) in [5, 5.41) is 9.86. The van der Waals surface area contributed by atoms with Crippen molar-refractivity contribution in [2.45, 2.75) is 58.9 Å². The number of carbonyl (C=O) groups excluding carboxylic acids is 1. The molecule has 0 spiro atoms. The van der Waals surface area contributed by atoms with Crippen LogP contribution in [0.5, 0.6) is 0 Å². The van der Waals surface area contributed by atoms with Gasteiger partial charge in [0, 0.05) is 12.0 Å². The summed E-state index contributed by atoms with van der Waals surface area (Å²) in [6.07, 6.45) is 3.28. The summed E-state index contributed by atoms with van der Waals surface area (Å²) < 4.78 is 0. The van der Waals surface area contributed by atoms with Gasteiger partial charge in [0.2, 0.25) is 5.82 Å². The first-order chi connectivity index (χ1) is 8.97. The lowest BCUT2D eigenvalue weighted by molar-refractivity contribution is 0.0900. The number of rotatable bonds is 3. The summed E-state index contributed by atoms with van der Waals surface area (Å²) in [4.78, 5) is 16.3. The van der Waals surface area contributed by atoms with Crippen molar-refractivity contribution in [2.75, 3.05) is 0 Å². The van der Waals surface area contributed by atoms with Gasteiger partial charge in [0.05, 0.1) is 0 Å². The van der Waals surface area contributed by atoms with Crippen molar-refractivity contribution in [1.29, 1.82) is 0 Å². The van der Waals surface area contributed by atoms with Crippen LogP contribution in [0.15, 0.2) is 0 Å². The number of aromatic nitrogens is 3. The summed E-state index contributed by atoms with van der Waals surface area (Å²) in [5.74, 6) is 2.53. The SMILES string of the molecule is CC(C)c1nc(C(=O)NC2CCC(C)C(C)C2)n[nH]1. The molecule has 0 saturated heterocycles. The van der Waals surface area contributed by atoms with Gasteiger partial charge >= 0.3 is 0 Å². The molecule has 2 N–H and O–H groups in total. The Balaban J connectivity index is 1.93. The van der Waals surface area contributed by atoms with Crippen LogP contribution < -0.4 is 5.32 Å². The van der Waals surface area contributed by atoms with Crippen molar-refractivity contribution >= 4 is 5.91 Å². The maximum atomic E-state index is 12.1. The number of hydrogen-bond donors (Lipinski definition) is 2. The molecule has 1 fully saturated rings. The second-order valence-corrected chi connectivity index (χ2v) is 6.14. The molecule has 1 aliphatic carbocycles. The maximum absolute atomic E-state index is 12.1. The van der Waals surface area contributed by atoms with Crippen LogP contribution in [0, 0.1) is 11.8 Å². The minimum Gasteiger partial charge on any atom is -0.347 e. The minimum absolute atomic E-state index is 0.157. The van der Waals surface area contributed by atoms with Crippen LogP contribution >= 0.6 is 0 Å². The third-order valence-electron chi connectivity index (χ3n) is 4.19. The first-order valence-corrected chi connectivity index (χ1v) is 7.20. The molecule has 3 atom stereocenters. The lowest BCUT2D eigenvalue weighted by Gasteiger charge is -2.32. The predicted molar refractivity (Wildman–Crippen MR) is 73.9 cm³/mol. The van der Waals surface area contributed by atoms with Crippen molar-refractivity contribution in [3.05, 3.63) is 11.6 Å². The lowest BCUT2D eigenvalue weighted by atomic mass is 9.79. The van der Waals surface area contributed by atoms with Crippen molar-refractivity contribution in [3.8, 4) is 0 Å². The van der Waals surface area contributed by atoms with Crippen molar-refractivity contribution in [3.63, 3.8) is 0 Å². The fourth-order valence-electron chi connectivity index (χ4n) is 2.56. The van der Waals surface area contributed by atoms with E-state index in [9.17, 15) is 4.79 Å². The first-order valence-electron chi connectivity index (χ1n) is 7.20. The Morgan fingerprint density at radius 2 is 2.05 bits per heavy atom. The van der Waals surface area contributed by atoms with E-state index in [0.29, 0.717) is 5.92 Å². The standard InChI is InChI=1S/C14H24N4O/c1-8(2)12-16-13(18-17-12)14(19)15-11-6-5-9(3)10(4)7-11/h8-11H,5-7H2,1-4H3,(H,15,19)(H,16,17,18). The van der Waals surface area contributed by atoms with Crippen molar-refractivity contribution in [1.82, 2.24) is 20.5 Å². The van der Waals surface area contributed by atoms with Gasteiger partial charge in [-0.1, -0.05) is 27.7 Å². The molecular weight excluding hydrogens is 240 g/mol. The summed E-state index contributed by atoms with van der Waals surface area (Å²) >= 11 is 0. The van der Waals surface area contributed by atoms with E-state index in [4.69, 9.17) is 0 Å². The zero-order chi connectivity index (χ0) is 14.0. The smallest absolute Gasteiger partial charge is 0.291 e. The molecular formula is C14H24N4O. The molecule has 1 aliphatic rings. The molecule has 0 bridgehead atoms. The number of carbonyl (C=O) groups is 1. The zero-order valence-electron chi connectivity index (χ0n) is 12.2. The number of hydrogen-bond acceptors (Lipinski definition) is 3. The second kappa shape index (κ2) is 5.72. The van der Waals surface area contributed by atoms with Crippen LogP contribution in [-0.2, 0) is 0 Å². The van der Waals surface area contributed by atoms with Crippen molar-refractivity contribution in [2.24, 2.45) is 11.8 Å². The molecule has 106 valence electrons. The molecule has 2 rings (SSSR count). The van der Waals surface area contributed by atoms with E-state index in [2.05, 4.69) is 34.3 Å². The van der Waals surface area contributed by atoms with Gasteiger partial charge in [0.25, 0.3) is 5.91 Å². The van der Waals surface area contributed by atoms with Crippen molar-refractivity contribution < 1.29 is 4.79 Å². The van der Waals surface area contributed by atoms with Gasteiger partial charge in [-0.2, -0.15) is 0 Å². The largest absolute Gasteiger partial charge is 0.347 e. The molecule has 1 aromatic heterocycles. The monoisotopic (exact) mass is 264 g/mol. The number of nitrogens with zero attached hydrogens (tertiary/aromatic N) is 2. The average Bonchev–Trinajstić information content (AvgIpc) is 2.83. The topological polar surface area (TPSA) is 70.7 Å². The van der Waals surface area contributed by atoms with Crippen LogP contribution in [0.4, 0.5) is 0 Å². The van der Waals surface area contributed by atoms with Gasteiger partial charge < -0.3 is 5.32 Å². The van der Waals surface area contributed by atoms with E-state index >= 15 is 0 Å². The highest BCUT2D eigenvalue weighted by atomic mass is 16.2. The number of amides is 1. The number of nitrogens with one attached hydrogen (secondary N) is 2. The molecule has 0 aliphatic heterocycles. The Kier molecular flexibility index (Phi) is 4.22. The molecule has 0 aromatic carbocycles. The van der Waals surface area contributed by atoms with Gasteiger partial charge in [-0.3, -0.25) is 9.89 Å². The highest BCUT2D eigenvalue weighted by molar-refractivity contribution is 5.90. The normalized spacial score (nSPS) is 27.5. The quantitative estimate of drug-likeness (QED) is 0.881.